The number of carbonyl (C=O) groups is 1. The average molecular weight is 423 g/mol. The monoisotopic (exact) mass is 423 g/mol. The normalized spacial score (nSPS) is 19.6. The van der Waals surface area contributed by atoms with Crippen molar-refractivity contribution in [3.63, 3.8) is 0 Å². The van der Waals surface area contributed by atoms with Crippen LogP contribution in [0.5, 0.6) is 0 Å². The number of hydrogen-bond donors (Lipinski definition) is 2. The maximum atomic E-state index is 12.1. The van der Waals surface area contributed by atoms with E-state index < -0.39 is 36.1 Å². The van der Waals surface area contributed by atoms with Crippen molar-refractivity contribution in [3.05, 3.63) is 32.6 Å². The molecule has 0 bridgehead atoms. The van der Waals surface area contributed by atoms with Gasteiger partial charge in [-0.1, -0.05) is 11.8 Å². The SMILES string of the molecule is COPOCC1CCC(n2cc(C#CCNC(=O)C(F)(F)F)c(=O)[nH]c2=O)O1. The van der Waals surface area contributed by atoms with Gasteiger partial charge in [-0.3, -0.25) is 19.1 Å². The van der Waals surface area contributed by atoms with Gasteiger partial charge in [0.15, 0.2) is 9.03 Å². The summed E-state index contributed by atoms with van der Waals surface area (Å²) in [6.45, 7) is -0.330. The molecule has 3 atom stereocenters. The van der Waals surface area contributed by atoms with E-state index in [1.807, 2.05) is 0 Å². The molecular formula is C15H17F3N3O6P. The number of H-pyrrole nitrogens is 1. The summed E-state index contributed by atoms with van der Waals surface area (Å²) in [5.74, 6) is 2.43. The first-order chi connectivity index (χ1) is 13.2. The van der Waals surface area contributed by atoms with Gasteiger partial charge in [-0.2, -0.15) is 13.2 Å². The van der Waals surface area contributed by atoms with Gasteiger partial charge in [-0.05, 0) is 12.8 Å². The van der Waals surface area contributed by atoms with Crippen molar-refractivity contribution in [1.29, 1.82) is 0 Å². The number of ether oxygens (including phenoxy) is 1. The van der Waals surface area contributed by atoms with Crippen LogP contribution in [0.15, 0.2) is 15.8 Å². The van der Waals surface area contributed by atoms with Crippen LogP contribution < -0.4 is 16.6 Å². The first kappa shape index (κ1) is 22.1. The van der Waals surface area contributed by atoms with Crippen LogP contribution in [-0.2, 0) is 18.6 Å². The summed E-state index contributed by atoms with van der Waals surface area (Å²) in [6, 6.07) is 0. The van der Waals surface area contributed by atoms with Crippen molar-refractivity contribution in [1.82, 2.24) is 14.9 Å². The zero-order chi connectivity index (χ0) is 20.7. The van der Waals surface area contributed by atoms with E-state index in [1.54, 1.807) is 5.32 Å². The molecule has 1 aliphatic heterocycles. The number of hydrogen-bond acceptors (Lipinski definition) is 6. The fraction of sp³-hybridized carbons (Fsp3) is 0.533. The van der Waals surface area contributed by atoms with E-state index in [4.69, 9.17) is 13.8 Å². The molecule has 2 heterocycles. The van der Waals surface area contributed by atoms with E-state index in [0.29, 0.717) is 12.8 Å². The van der Waals surface area contributed by atoms with Gasteiger partial charge in [0.25, 0.3) is 5.56 Å². The summed E-state index contributed by atoms with van der Waals surface area (Å²) in [4.78, 5) is 36.6. The Balaban J connectivity index is 2.05. The number of rotatable bonds is 6. The largest absolute Gasteiger partial charge is 0.471 e. The van der Waals surface area contributed by atoms with Gasteiger partial charge in [0, 0.05) is 13.3 Å². The van der Waals surface area contributed by atoms with E-state index in [0.717, 1.165) is 4.57 Å². The molecule has 2 N–H and O–H groups in total. The smallest absolute Gasteiger partial charge is 0.352 e. The number of aromatic nitrogens is 2. The standard InChI is InChI=1S/C15H17F3N3O6P/c1-25-28-26-8-10-4-5-11(27-10)21-7-9(12(22)20-14(21)24)3-2-6-19-13(23)15(16,17)18/h7,10-11,28H,4-6,8H2,1H3,(H,19,23)(H,20,22,24). The third-order valence-electron chi connectivity index (χ3n) is 3.59. The highest BCUT2D eigenvalue weighted by Crippen LogP contribution is 2.28. The Hall–Kier alpha value is -2.19. The van der Waals surface area contributed by atoms with Crippen LogP contribution in [0.3, 0.4) is 0 Å². The minimum absolute atomic E-state index is 0.127. The van der Waals surface area contributed by atoms with Crippen LogP contribution in [0.25, 0.3) is 0 Å². The second-order valence-electron chi connectivity index (χ2n) is 5.58. The molecule has 3 unspecified atom stereocenters. The molecule has 2 rings (SSSR count). The molecular weight excluding hydrogens is 406 g/mol. The molecule has 0 aliphatic carbocycles. The molecule has 154 valence electrons. The van der Waals surface area contributed by atoms with Crippen LogP contribution in [0, 0.1) is 11.8 Å². The molecule has 1 aliphatic rings. The minimum atomic E-state index is -5.02. The lowest BCUT2D eigenvalue weighted by Gasteiger charge is -2.15. The van der Waals surface area contributed by atoms with Gasteiger partial charge in [0.05, 0.1) is 19.3 Å². The van der Waals surface area contributed by atoms with Gasteiger partial charge >= 0.3 is 17.8 Å². The predicted molar refractivity (Wildman–Crippen MR) is 91.7 cm³/mol. The van der Waals surface area contributed by atoms with Gasteiger partial charge < -0.3 is 19.1 Å². The van der Waals surface area contributed by atoms with Crippen molar-refractivity contribution >= 4 is 14.9 Å². The Morgan fingerprint density at radius 1 is 1.46 bits per heavy atom. The lowest BCUT2D eigenvalue weighted by molar-refractivity contribution is -0.173. The molecule has 0 aromatic carbocycles. The van der Waals surface area contributed by atoms with Gasteiger partial charge in [0.2, 0.25) is 0 Å². The predicted octanol–water partition coefficient (Wildman–Crippen LogP) is 0.416. The molecule has 28 heavy (non-hydrogen) atoms. The summed E-state index contributed by atoms with van der Waals surface area (Å²) in [5, 5.41) is 1.56. The summed E-state index contributed by atoms with van der Waals surface area (Å²) in [5.41, 5.74) is -1.65. The third kappa shape index (κ3) is 6.17. The van der Waals surface area contributed by atoms with Gasteiger partial charge in [0.1, 0.15) is 11.8 Å². The quantitative estimate of drug-likeness (QED) is 0.390. The van der Waals surface area contributed by atoms with Crippen molar-refractivity contribution < 1.29 is 31.8 Å². The third-order valence-corrected chi connectivity index (χ3v) is 4.04. The maximum Gasteiger partial charge on any atom is 0.471 e. The zero-order valence-electron chi connectivity index (χ0n) is 14.6. The fourth-order valence-electron chi connectivity index (χ4n) is 2.35. The Labute approximate surface area is 158 Å². The molecule has 0 spiro atoms. The molecule has 1 aromatic heterocycles. The highest BCUT2D eigenvalue weighted by molar-refractivity contribution is 7.26. The summed E-state index contributed by atoms with van der Waals surface area (Å²) in [6.07, 6.45) is -3.63. The second kappa shape index (κ2) is 9.84. The number of halogens is 3. The van der Waals surface area contributed by atoms with Crippen LogP contribution in [0.1, 0.15) is 24.6 Å². The zero-order valence-corrected chi connectivity index (χ0v) is 15.6. The topological polar surface area (TPSA) is 112 Å². The molecule has 9 nitrogen and oxygen atoms in total. The summed E-state index contributed by atoms with van der Waals surface area (Å²) < 4.78 is 53.1. The first-order valence-electron chi connectivity index (χ1n) is 7.97. The molecule has 13 heteroatoms. The van der Waals surface area contributed by atoms with Gasteiger partial charge in [-0.15, -0.1) is 0 Å². The first-order valence-corrected chi connectivity index (χ1v) is 8.78. The Bertz CT molecular complexity index is 873. The Morgan fingerprint density at radius 3 is 2.89 bits per heavy atom. The number of alkyl halides is 3. The van der Waals surface area contributed by atoms with Gasteiger partial charge in [-0.25, -0.2) is 4.79 Å². The molecule has 1 saturated heterocycles. The lowest BCUT2D eigenvalue weighted by Crippen LogP contribution is -2.37. The number of aromatic amines is 1. The molecule has 1 amide bonds. The highest BCUT2D eigenvalue weighted by Gasteiger charge is 2.38. The summed E-state index contributed by atoms with van der Waals surface area (Å²) in [7, 11) is 1.37. The molecule has 0 saturated carbocycles. The van der Waals surface area contributed by atoms with Crippen LogP contribution in [-0.4, -0.2) is 48.0 Å². The number of amides is 1. The molecule has 0 radical (unpaired) electrons. The van der Waals surface area contributed by atoms with Crippen LogP contribution >= 0.6 is 9.03 Å². The van der Waals surface area contributed by atoms with E-state index >= 15 is 0 Å². The van der Waals surface area contributed by atoms with E-state index in [9.17, 15) is 27.6 Å². The van der Waals surface area contributed by atoms with E-state index in [2.05, 4.69) is 16.8 Å². The summed E-state index contributed by atoms with van der Waals surface area (Å²) >= 11 is 0. The van der Waals surface area contributed by atoms with Crippen LogP contribution in [0.2, 0.25) is 0 Å². The van der Waals surface area contributed by atoms with Crippen LogP contribution in [0.4, 0.5) is 13.2 Å². The Kier molecular flexibility index (Phi) is 7.77. The number of nitrogens with one attached hydrogen (secondary N) is 2. The highest BCUT2D eigenvalue weighted by atomic mass is 31.1. The Morgan fingerprint density at radius 2 is 2.21 bits per heavy atom. The lowest BCUT2D eigenvalue weighted by atomic mass is 10.2. The van der Waals surface area contributed by atoms with Crippen molar-refractivity contribution in [3.8, 4) is 11.8 Å². The van der Waals surface area contributed by atoms with E-state index in [1.165, 1.54) is 13.3 Å². The minimum Gasteiger partial charge on any atom is -0.352 e. The second-order valence-corrected chi connectivity index (χ2v) is 6.44. The molecule has 1 fully saturated rings. The number of nitrogens with zero attached hydrogens (tertiary/aromatic N) is 1. The van der Waals surface area contributed by atoms with E-state index in [-0.39, 0.29) is 27.3 Å². The fourth-order valence-corrected chi connectivity index (χ4v) is 2.72. The average Bonchev–Trinajstić information content (AvgIpc) is 3.08. The van der Waals surface area contributed by atoms with Crippen molar-refractivity contribution in [2.75, 3.05) is 20.3 Å². The molecule has 1 aromatic rings. The number of carbonyl (C=O) groups excluding carboxylic acids is 1. The maximum absolute atomic E-state index is 12.1. The van der Waals surface area contributed by atoms with Crippen molar-refractivity contribution in [2.45, 2.75) is 31.3 Å². The van der Waals surface area contributed by atoms with Crippen molar-refractivity contribution in [2.24, 2.45) is 0 Å².